The van der Waals surface area contributed by atoms with Gasteiger partial charge in [0, 0.05) is 29.8 Å². The van der Waals surface area contributed by atoms with Crippen molar-refractivity contribution in [2.75, 3.05) is 22.8 Å². The number of piperidine rings is 1. The first kappa shape index (κ1) is 31.7. The number of hydrogen-bond donors (Lipinski definition) is 1. The molecule has 4 heterocycles. The van der Waals surface area contributed by atoms with Crippen LogP contribution in [-0.2, 0) is 16.6 Å². The number of carbonyl (C=O) groups is 1. The Hall–Kier alpha value is -4.58. The summed E-state index contributed by atoms with van der Waals surface area (Å²) in [7, 11) is -4.15. The Morgan fingerprint density at radius 2 is 1.76 bits per heavy atom. The maximum absolute atomic E-state index is 14.5. The van der Waals surface area contributed by atoms with Crippen LogP contribution in [0.2, 0.25) is 0 Å². The summed E-state index contributed by atoms with van der Waals surface area (Å²) in [5.74, 6) is 1.89. The highest BCUT2D eigenvalue weighted by Gasteiger charge is 2.39. The fourth-order valence-electron chi connectivity index (χ4n) is 7.66. The third-order valence-electron chi connectivity index (χ3n) is 10.5. The van der Waals surface area contributed by atoms with Crippen LogP contribution in [0.4, 0.5) is 11.8 Å². The van der Waals surface area contributed by atoms with Gasteiger partial charge < -0.3 is 14.5 Å². The van der Waals surface area contributed by atoms with Gasteiger partial charge in [0.25, 0.3) is 15.9 Å². The monoisotopic (exact) mass is 679 g/mol. The Bertz CT molecular complexity index is 2000. The average molecular weight is 680 g/mol. The van der Waals surface area contributed by atoms with Crippen molar-refractivity contribution in [2.45, 2.75) is 82.3 Å². The number of aromatic nitrogens is 4. The second-order valence-electron chi connectivity index (χ2n) is 14.0. The lowest BCUT2D eigenvalue weighted by Crippen LogP contribution is -2.51. The first-order valence-electron chi connectivity index (χ1n) is 17.3. The molecule has 2 saturated carbocycles. The summed E-state index contributed by atoms with van der Waals surface area (Å²) in [5, 5.41) is 0. The van der Waals surface area contributed by atoms with Gasteiger partial charge in [0.05, 0.1) is 41.3 Å². The number of nitrogens with zero attached hydrogens (tertiary/aromatic N) is 6. The molecule has 254 valence electrons. The number of carbonyl (C=O) groups excluding carboxylic acids is 1. The topological polar surface area (TPSA) is 131 Å². The van der Waals surface area contributed by atoms with Crippen LogP contribution in [-0.4, -0.2) is 64.4 Å². The zero-order chi connectivity index (χ0) is 33.7. The fourth-order valence-corrected chi connectivity index (χ4v) is 8.65. The van der Waals surface area contributed by atoms with Gasteiger partial charge in [0.1, 0.15) is 12.4 Å². The lowest BCUT2D eigenvalue weighted by atomic mass is 9.73. The molecule has 4 aliphatic rings. The molecule has 0 spiro atoms. The molecule has 8 rings (SSSR count). The van der Waals surface area contributed by atoms with Crippen LogP contribution in [0.25, 0.3) is 11.3 Å². The van der Waals surface area contributed by atoms with Gasteiger partial charge in [-0.2, -0.15) is 4.98 Å². The quantitative estimate of drug-likeness (QED) is 0.263. The second-order valence-corrected chi connectivity index (χ2v) is 15.7. The molecule has 2 aliphatic heterocycles. The van der Waals surface area contributed by atoms with Gasteiger partial charge in [-0.15, -0.1) is 0 Å². The van der Waals surface area contributed by atoms with Crippen LogP contribution in [0.1, 0.15) is 72.1 Å². The minimum atomic E-state index is -4.15. The summed E-state index contributed by atoms with van der Waals surface area (Å²) >= 11 is 0. The van der Waals surface area contributed by atoms with Gasteiger partial charge >= 0.3 is 0 Å². The molecule has 49 heavy (non-hydrogen) atoms. The maximum atomic E-state index is 14.5. The summed E-state index contributed by atoms with van der Waals surface area (Å²) in [6.07, 6.45) is 11.3. The van der Waals surface area contributed by atoms with E-state index in [4.69, 9.17) is 9.72 Å². The molecule has 1 N–H and O–H groups in total. The van der Waals surface area contributed by atoms with Crippen molar-refractivity contribution in [2.24, 2.45) is 11.8 Å². The molecule has 4 bridgehead atoms. The number of sulfonamides is 1. The molecule has 3 atom stereocenters. The first-order valence-corrected chi connectivity index (χ1v) is 18.8. The van der Waals surface area contributed by atoms with Crippen molar-refractivity contribution in [1.82, 2.24) is 24.8 Å². The largest absolute Gasteiger partial charge is 0.475 e. The van der Waals surface area contributed by atoms with E-state index in [0.717, 1.165) is 60.7 Å². The summed E-state index contributed by atoms with van der Waals surface area (Å²) in [4.78, 5) is 37.4. The Balaban J connectivity index is 1.19. The third kappa shape index (κ3) is 6.46. The lowest BCUT2D eigenvalue weighted by Gasteiger charge is -2.49. The minimum Gasteiger partial charge on any atom is -0.475 e. The van der Waals surface area contributed by atoms with Crippen LogP contribution >= 0.6 is 0 Å². The fraction of sp³-hybridized carbons (Fsp3) is 0.432. The van der Waals surface area contributed by atoms with E-state index in [1.54, 1.807) is 29.3 Å². The third-order valence-corrected chi connectivity index (χ3v) is 11.9. The van der Waals surface area contributed by atoms with Crippen LogP contribution in [0.15, 0.2) is 65.8 Å². The molecule has 4 aromatic rings. The zero-order valence-corrected chi connectivity index (χ0v) is 28.7. The van der Waals surface area contributed by atoms with Crippen molar-refractivity contribution in [1.29, 1.82) is 0 Å². The van der Waals surface area contributed by atoms with E-state index in [1.165, 1.54) is 31.4 Å². The van der Waals surface area contributed by atoms with Gasteiger partial charge in [-0.05, 0) is 87.1 Å². The van der Waals surface area contributed by atoms with Crippen LogP contribution in [0.5, 0.6) is 5.88 Å². The maximum Gasteiger partial charge on any atom is 0.264 e. The number of rotatable bonds is 6. The highest BCUT2D eigenvalue weighted by molar-refractivity contribution is 7.92. The molecular formula is C37H41N7O4S. The van der Waals surface area contributed by atoms with E-state index >= 15 is 0 Å². The Labute approximate surface area is 287 Å². The number of anilines is 2. The van der Waals surface area contributed by atoms with Crippen LogP contribution in [0.3, 0.4) is 0 Å². The molecule has 2 aromatic carbocycles. The molecule has 1 saturated heterocycles. The summed E-state index contributed by atoms with van der Waals surface area (Å²) in [6.45, 7) is 5.32. The SMILES string of the molecule is Cc1cccc(C)c1-c1cc2nc(n1)NS(=O)(=O)c1cccc(c1)C(=O)N(Cc1cncc(N3CCCC4CCC43)n1)[C@H](CC1CC1)CO2. The van der Waals surface area contributed by atoms with E-state index < -0.39 is 10.0 Å². The summed E-state index contributed by atoms with van der Waals surface area (Å²) in [5.41, 5.74) is 4.37. The van der Waals surface area contributed by atoms with E-state index in [1.807, 2.05) is 38.2 Å². The Morgan fingerprint density at radius 3 is 2.53 bits per heavy atom. The number of amides is 1. The molecule has 2 aromatic heterocycles. The van der Waals surface area contributed by atoms with Gasteiger partial charge in [0.15, 0.2) is 0 Å². The highest BCUT2D eigenvalue weighted by Crippen LogP contribution is 2.41. The average Bonchev–Trinajstić information content (AvgIpc) is 3.89. The number of benzene rings is 2. The van der Waals surface area contributed by atoms with E-state index in [-0.39, 0.29) is 47.4 Å². The number of ether oxygens (including phenoxy) is 1. The Kier molecular flexibility index (Phi) is 8.21. The molecule has 0 radical (unpaired) electrons. The first-order chi connectivity index (χ1) is 23.7. The lowest BCUT2D eigenvalue weighted by molar-refractivity contribution is 0.0560. The van der Waals surface area contributed by atoms with Gasteiger partial charge in [-0.3, -0.25) is 9.78 Å². The number of aryl methyl sites for hydroxylation is 2. The molecule has 3 fully saturated rings. The van der Waals surface area contributed by atoms with Crippen molar-refractivity contribution < 1.29 is 17.9 Å². The van der Waals surface area contributed by atoms with Gasteiger partial charge in [0.2, 0.25) is 11.8 Å². The molecule has 2 aliphatic carbocycles. The normalized spacial score (nSPS) is 23.1. The van der Waals surface area contributed by atoms with E-state index in [9.17, 15) is 13.2 Å². The minimum absolute atomic E-state index is 0.0539. The summed E-state index contributed by atoms with van der Waals surface area (Å²) < 4.78 is 36.4. The Morgan fingerprint density at radius 1 is 0.939 bits per heavy atom. The van der Waals surface area contributed by atoms with Gasteiger partial charge in [-0.1, -0.05) is 37.1 Å². The van der Waals surface area contributed by atoms with Crippen molar-refractivity contribution in [3.05, 3.63) is 83.3 Å². The van der Waals surface area contributed by atoms with Crippen molar-refractivity contribution in [3.63, 3.8) is 0 Å². The standard InChI is InChI=1S/C37H41N7O4S/c1-23-6-3-7-24(2)35(23)31-18-34-41-37(40-31)42-49(46,47)30-10-4-8-27(17-30)36(45)44(29(22-48-34)16-25-11-12-25)21-28-19-38-20-33(39-28)43-15-5-9-26-13-14-32(26)43/h3-4,6-8,10,17-20,25-26,29,32H,5,9,11-16,21-22H2,1-2H3,(H,40,41,42)/t26?,29-,32?/m1/s1. The van der Waals surface area contributed by atoms with E-state index in [2.05, 4.69) is 24.6 Å². The number of fused-ring (bicyclic) bond motifs is 5. The van der Waals surface area contributed by atoms with Gasteiger partial charge in [-0.25, -0.2) is 23.1 Å². The highest BCUT2D eigenvalue weighted by atomic mass is 32.2. The van der Waals surface area contributed by atoms with Crippen LogP contribution < -0.4 is 14.4 Å². The second kappa shape index (κ2) is 12.7. The van der Waals surface area contributed by atoms with Crippen LogP contribution in [0, 0.1) is 25.7 Å². The molecule has 12 heteroatoms. The molecule has 11 nitrogen and oxygen atoms in total. The number of hydrogen-bond acceptors (Lipinski definition) is 9. The summed E-state index contributed by atoms with van der Waals surface area (Å²) in [6, 6.07) is 14.0. The molecule has 1 amide bonds. The molecular weight excluding hydrogens is 639 g/mol. The smallest absolute Gasteiger partial charge is 0.264 e. The zero-order valence-electron chi connectivity index (χ0n) is 27.9. The molecule has 2 unspecified atom stereocenters. The van der Waals surface area contributed by atoms with E-state index in [0.29, 0.717) is 23.3 Å². The predicted molar refractivity (Wildman–Crippen MR) is 186 cm³/mol. The number of nitrogens with one attached hydrogen (secondary N) is 1. The van der Waals surface area contributed by atoms with Crippen molar-refractivity contribution in [3.8, 4) is 17.1 Å². The van der Waals surface area contributed by atoms with Crippen molar-refractivity contribution >= 4 is 27.7 Å². The predicted octanol–water partition coefficient (Wildman–Crippen LogP) is 5.93.